The van der Waals surface area contributed by atoms with Crippen molar-refractivity contribution in [2.75, 3.05) is 13.7 Å². The molecule has 0 saturated heterocycles. The van der Waals surface area contributed by atoms with Crippen LogP contribution in [0, 0.1) is 0 Å². The van der Waals surface area contributed by atoms with Crippen molar-refractivity contribution >= 4 is 10.2 Å². The Labute approximate surface area is 122 Å². The van der Waals surface area contributed by atoms with Gasteiger partial charge in [-0.1, -0.05) is 13.0 Å². The van der Waals surface area contributed by atoms with Crippen LogP contribution < -0.4 is 14.2 Å². The minimum Gasteiger partial charge on any atom is -0.497 e. The van der Waals surface area contributed by atoms with E-state index in [2.05, 4.69) is 19.6 Å². The van der Waals surface area contributed by atoms with Gasteiger partial charge in [0.2, 0.25) is 11.8 Å². The molecule has 2 aromatic rings. The largest absolute Gasteiger partial charge is 0.497 e. The van der Waals surface area contributed by atoms with E-state index in [-0.39, 0.29) is 12.4 Å². The molecule has 0 aliphatic rings. The van der Waals surface area contributed by atoms with E-state index in [4.69, 9.17) is 9.15 Å². The lowest BCUT2D eigenvalue weighted by molar-refractivity contribution is 0.414. The van der Waals surface area contributed by atoms with Crippen molar-refractivity contribution in [3.8, 4) is 17.2 Å². The standard InChI is InChI=1S/C12H16N4O4S/c1-3-13-21(17,18)14-8-11-15-16-12(20-11)9-5-4-6-10(7-9)19-2/h4-7,13-14H,3,8H2,1-2H3. The van der Waals surface area contributed by atoms with Gasteiger partial charge >= 0.3 is 0 Å². The molecule has 1 heterocycles. The molecule has 0 aliphatic carbocycles. The van der Waals surface area contributed by atoms with Gasteiger partial charge in [0.25, 0.3) is 10.2 Å². The van der Waals surface area contributed by atoms with E-state index in [0.717, 1.165) is 0 Å². The zero-order valence-corrected chi connectivity index (χ0v) is 12.5. The lowest BCUT2D eigenvalue weighted by Gasteiger charge is -2.03. The summed E-state index contributed by atoms with van der Waals surface area (Å²) in [6, 6.07) is 7.14. The van der Waals surface area contributed by atoms with Crippen LogP contribution in [0.4, 0.5) is 0 Å². The number of aromatic nitrogens is 2. The SMILES string of the molecule is CCNS(=O)(=O)NCc1nnc(-c2cccc(OC)c2)o1. The molecule has 0 aliphatic heterocycles. The first kappa shape index (κ1) is 15.4. The number of methoxy groups -OCH3 is 1. The summed E-state index contributed by atoms with van der Waals surface area (Å²) in [5, 5.41) is 7.68. The average molecular weight is 312 g/mol. The van der Waals surface area contributed by atoms with Gasteiger partial charge in [0.1, 0.15) is 5.75 Å². The topological polar surface area (TPSA) is 106 Å². The van der Waals surface area contributed by atoms with Gasteiger partial charge in [-0.15, -0.1) is 10.2 Å². The van der Waals surface area contributed by atoms with E-state index < -0.39 is 10.2 Å². The molecule has 0 unspecified atom stereocenters. The Balaban J connectivity index is 2.07. The van der Waals surface area contributed by atoms with Gasteiger partial charge in [-0.3, -0.25) is 0 Å². The van der Waals surface area contributed by atoms with Crippen molar-refractivity contribution in [1.82, 2.24) is 19.6 Å². The zero-order valence-electron chi connectivity index (χ0n) is 11.7. The Kier molecular flexibility index (Phi) is 4.89. The minimum atomic E-state index is -3.54. The molecule has 1 aromatic carbocycles. The molecule has 0 saturated carbocycles. The summed E-state index contributed by atoms with van der Waals surface area (Å²) in [5.41, 5.74) is 0.697. The number of hydrogen-bond donors (Lipinski definition) is 2. The van der Waals surface area contributed by atoms with E-state index in [0.29, 0.717) is 23.7 Å². The summed E-state index contributed by atoms with van der Waals surface area (Å²) in [4.78, 5) is 0. The third-order valence-corrected chi connectivity index (χ3v) is 3.72. The summed E-state index contributed by atoms with van der Waals surface area (Å²) in [5.74, 6) is 1.14. The van der Waals surface area contributed by atoms with Crippen LogP contribution in [0.2, 0.25) is 0 Å². The quantitative estimate of drug-likeness (QED) is 0.779. The molecular formula is C12H16N4O4S. The average Bonchev–Trinajstić information content (AvgIpc) is 2.94. The molecule has 0 radical (unpaired) electrons. The van der Waals surface area contributed by atoms with Gasteiger partial charge in [0.05, 0.1) is 13.7 Å². The Morgan fingerprint density at radius 1 is 1.29 bits per heavy atom. The van der Waals surface area contributed by atoms with Crippen LogP contribution in [-0.4, -0.2) is 32.3 Å². The molecule has 0 atom stereocenters. The molecule has 0 bridgehead atoms. The molecule has 1 aromatic heterocycles. The fourth-order valence-electron chi connectivity index (χ4n) is 1.60. The van der Waals surface area contributed by atoms with Gasteiger partial charge in [-0.25, -0.2) is 4.72 Å². The van der Waals surface area contributed by atoms with Crippen molar-refractivity contribution < 1.29 is 17.6 Å². The van der Waals surface area contributed by atoms with E-state index in [1.54, 1.807) is 38.3 Å². The normalized spacial score (nSPS) is 11.5. The second kappa shape index (κ2) is 6.66. The first-order chi connectivity index (χ1) is 10.0. The van der Waals surface area contributed by atoms with Crippen LogP contribution in [0.3, 0.4) is 0 Å². The van der Waals surface area contributed by atoms with Crippen molar-refractivity contribution in [1.29, 1.82) is 0 Å². The van der Waals surface area contributed by atoms with Gasteiger partial charge < -0.3 is 9.15 Å². The molecule has 2 rings (SSSR count). The van der Waals surface area contributed by atoms with Gasteiger partial charge in [0, 0.05) is 12.1 Å². The molecule has 114 valence electrons. The van der Waals surface area contributed by atoms with Gasteiger partial charge in [-0.05, 0) is 18.2 Å². The lowest BCUT2D eigenvalue weighted by atomic mass is 10.2. The number of nitrogens with one attached hydrogen (secondary N) is 2. The number of hydrogen-bond acceptors (Lipinski definition) is 6. The second-order valence-electron chi connectivity index (χ2n) is 4.06. The molecule has 2 N–H and O–H groups in total. The fraction of sp³-hybridized carbons (Fsp3) is 0.333. The number of ether oxygens (including phenoxy) is 1. The van der Waals surface area contributed by atoms with Gasteiger partial charge in [0.15, 0.2) is 0 Å². The number of nitrogens with zero attached hydrogens (tertiary/aromatic N) is 2. The Morgan fingerprint density at radius 3 is 2.81 bits per heavy atom. The first-order valence-electron chi connectivity index (χ1n) is 6.25. The highest BCUT2D eigenvalue weighted by Gasteiger charge is 2.12. The molecule has 0 amide bonds. The maximum Gasteiger partial charge on any atom is 0.277 e. The Morgan fingerprint density at radius 2 is 2.10 bits per heavy atom. The molecule has 0 fully saturated rings. The maximum atomic E-state index is 11.4. The summed E-state index contributed by atoms with van der Waals surface area (Å²) in [7, 11) is -1.98. The first-order valence-corrected chi connectivity index (χ1v) is 7.73. The maximum absolute atomic E-state index is 11.4. The van der Waals surface area contributed by atoms with Crippen LogP contribution in [-0.2, 0) is 16.8 Å². The van der Waals surface area contributed by atoms with Crippen LogP contribution >= 0.6 is 0 Å². The van der Waals surface area contributed by atoms with Crippen LogP contribution in [0.25, 0.3) is 11.5 Å². The molecule has 0 spiro atoms. The smallest absolute Gasteiger partial charge is 0.277 e. The Hall–Kier alpha value is -1.97. The lowest BCUT2D eigenvalue weighted by Crippen LogP contribution is -2.35. The van der Waals surface area contributed by atoms with Crippen LogP contribution in [0.5, 0.6) is 5.75 Å². The summed E-state index contributed by atoms with van der Waals surface area (Å²) in [6.07, 6.45) is 0. The summed E-state index contributed by atoms with van der Waals surface area (Å²) >= 11 is 0. The highest BCUT2D eigenvalue weighted by Crippen LogP contribution is 2.22. The highest BCUT2D eigenvalue weighted by atomic mass is 32.2. The van der Waals surface area contributed by atoms with Crippen LogP contribution in [0.15, 0.2) is 28.7 Å². The fourth-order valence-corrected chi connectivity index (χ4v) is 2.39. The minimum absolute atomic E-state index is 0.0771. The van der Waals surface area contributed by atoms with Crippen molar-refractivity contribution in [3.05, 3.63) is 30.2 Å². The Bertz CT molecular complexity index is 699. The van der Waals surface area contributed by atoms with E-state index in [9.17, 15) is 8.42 Å². The molecule has 9 heteroatoms. The predicted molar refractivity (Wildman–Crippen MR) is 75.7 cm³/mol. The third-order valence-electron chi connectivity index (χ3n) is 2.53. The molecule has 21 heavy (non-hydrogen) atoms. The zero-order chi connectivity index (χ0) is 15.3. The van der Waals surface area contributed by atoms with Gasteiger partial charge in [-0.2, -0.15) is 13.1 Å². The van der Waals surface area contributed by atoms with E-state index >= 15 is 0 Å². The monoisotopic (exact) mass is 312 g/mol. The van der Waals surface area contributed by atoms with Crippen molar-refractivity contribution in [3.63, 3.8) is 0 Å². The molecular weight excluding hydrogens is 296 g/mol. The third kappa shape index (κ3) is 4.25. The predicted octanol–water partition coefficient (Wildman–Crippen LogP) is 0.689. The second-order valence-corrected chi connectivity index (χ2v) is 5.64. The summed E-state index contributed by atoms with van der Waals surface area (Å²) in [6.45, 7) is 1.91. The molecule has 8 nitrogen and oxygen atoms in total. The van der Waals surface area contributed by atoms with Crippen molar-refractivity contribution in [2.45, 2.75) is 13.5 Å². The van der Waals surface area contributed by atoms with Crippen molar-refractivity contribution in [2.24, 2.45) is 0 Å². The number of benzene rings is 1. The van der Waals surface area contributed by atoms with E-state index in [1.807, 2.05) is 0 Å². The van der Waals surface area contributed by atoms with E-state index in [1.165, 1.54) is 0 Å². The van der Waals surface area contributed by atoms with Crippen LogP contribution in [0.1, 0.15) is 12.8 Å². The number of rotatable bonds is 7. The summed E-state index contributed by atoms with van der Waals surface area (Å²) < 4.78 is 38.0. The highest BCUT2D eigenvalue weighted by molar-refractivity contribution is 7.87.